The first-order chi connectivity index (χ1) is 8.58. The van der Waals surface area contributed by atoms with Crippen molar-refractivity contribution in [2.24, 2.45) is 5.73 Å². The van der Waals surface area contributed by atoms with Gasteiger partial charge in [-0.05, 0) is 18.2 Å². The van der Waals surface area contributed by atoms with Crippen molar-refractivity contribution < 1.29 is 14.6 Å². The lowest BCUT2D eigenvalue weighted by molar-refractivity contribution is -0.125. The highest BCUT2D eigenvalue weighted by Crippen LogP contribution is 2.19. The molecule has 1 amide bonds. The molecule has 1 aromatic carbocycles. The number of carbonyl (C=O) groups is 1. The summed E-state index contributed by atoms with van der Waals surface area (Å²) in [5, 5.41) is 20.9. The number of hydrogen-bond acceptors (Lipinski definition) is 5. The fourth-order valence-electron chi connectivity index (χ4n) is 1.43. The van der Waals surface area contributed by atoms with Gasteiger partial charge in [0.2, 0.25) is 5.91 Å². The predicted molar refractivity (Wildman–Crippen MR) is 64.6 cm³/mol. The minimum atomic E-state index is -1.23. The number of nitriles is 1. The van der Waals surface area contributed by atoms with Gasteiger partial charge in [-0.3, -0.25) is 4.79 Å². The van der Waals surface area contributed by atoms with E-state index in [-0.39, 0.29) is 6.54 Å². The van der Waals surface area contributed by atoms with Gasteiger partial charge in [-0.2, -0.15) is 5.26 Å². The number of benzene rings is 1. The number of aliphatic hydroxyl groups excluding tert-OH is 1. The van der Waals surface area contributed by atoms with Crippen LogP contribution >= 0.6 is 0 Å². The molecule has 0 aliphatic carbocycles. The molecular formula is C12H15N3O3. The van der Waals surface area contributed by atoms with Crippen LogP contribution in [0.15, 0.2) is 18.2 Å². The lowest BCUT2D eigenvalue weighted by Crippen LogP contribution is -2.37. The average molecular weight is 249 g/mol. The van der Waals surface area contributed by atoms with Crippen LogP contribution in [0.3, 0.4) is 0 Å². The number of primary amides is 1. The summed E-state index contributed by atoms with van der Waals surface area (Å²) in [6, 6.07) is 7.06. The summed E-state index contributed by atoms with van der Waals surface area (Å²) in [7, 11) is 1.53. The number of rotatable bonds is 6. The van der Waals surface area contributed by atoms with Crippen molar-refractivity contribution in [2.45, 2.75) is 12.6 Å². The van der Waals surface area contributed by atoms with E-state index in [1.54, 1.807) is 18.2 Å². The fourth-order valence-corrected chi connectivity index (χ4v) is 1.43. The third-order valence-electron chi connectivity index (χ3n) is 2.39. The zero-order valence-electron chi connectivity index (χ0n) is 10.0. The lowest BCUT2D eigenvalue weighted by atomic mass is 10.1. The van der Waals surface area contributed by atoms with Crippen LogP contribution in [0.5, 0.6) is 5.75 Å². The molecule has 0 heterocycles. The van der Waals surface area contributed by atoms with Crippen LogP contribution in [0.25, 0.3) is 0 Å². The van der Waals surface area contributed by atoms with E-state index in [4.69, 9.17) is 15.7 Å². The zero-order chi connectivity index (χ0) is 13.5. The van der Waals surface area contributed by atoms with E-state index in [1.165, 1.54) is 7.11 Å². The van der Waals surface area contributed by atoms with E-state index in [1.807, 2.05) is 6.07 Å². The molecule has 1 rings (SSSR count). The number of hydrogen-bond donors (Lipinski definition) is 3. The third kappa shape index (κ3) is 3.73. The molecule has 1 unspecified atom stereocenters. The van der Waals surface area contributed by atoms with Gasteiger partial charge in [0, 0.05) is 18.7 Å². The SMILES string of the molecule is COc1ccc(C#N)cc1CNCC(O)C(N)=O. The second-order valence-corrected chi connectivity index (χ2v) is 3.69. The van der Waals surface area contributed by atoms with Gasteiger partial charge in [-0.25, -0.2) is 0 Å². The molecule has 96 valence electrons. The summed E-state index contributed by atoms with van der Waals surface area (Å²) in [4.78, 5) is 10.6. The average Bonchev–Trinajstić information content (AvgIpc) is 2.38. The van der Waals surface area contributed by atoms with Crippen molar-refractivity contribution >= 4 is 5.91 Å². The molecule has 0 spiro atoms. The van der Waals surface area contributed by atoms with Gasteiger partial charge in [0.1, 0.15) is 11.9 Å². The Hall–Kier alpha value is -2.10. The molecule has 0 fully saturated rings. The van der Waals surface area contributed by atoms with Crippen molar-refractivity contribution in [3.8, 4) is 11.8 Å². The summed E-state index contributed by atoms with van der Waals surface area (Å²) in [5.41, 5.74) is 6.21. The first-order valence-corrected chi connectivity index (χ1v) is 5.33. The second-order valence-electron chi connectivity index (χ2n) is 3.69. The fraction of sp³-hybridized carbons (Fsp3) is 0.333. The molecule has 0 bridgehead atoms. The summed E-state index contributed by atoms with van der Waals surface area (Å²) in [6.45, 7) is 0.415. The molecule has 0 saturated carbocycles. The molecular weight excluding hydrogens is 234 g/mol. The standard InChI is InChI=1S/C12H15N3O3/c1-18-11-3-2-8(5-13)4-9(11)6-15-7-10(16)12(14)17/h2-4,10,15-16H,6-7H2,1H3,(H2,14,17). The number of carbonyl (C=O) groups excluding carboxylic acids is 1. The zero-order valence-corrected chi connectivity index (χ0v) is 10.0. The van der Waals surface area contributed by atoms with Crippen molar-refractivity contribution in [1.82, 2.24) is 5.32 Å². The van der Waals surface area contributed by atoms with Crippen LogP contribution < -0.4 is 15.8 Å². The van der Waals surface area contributed by atoms with Gasteiger partial charge < -0.3 is 20.9 Å². The van der Waals surface area contributed by atoms with E-state index in [9.17, 15) is 9.90 Å². The smallest absolute Gasteiger partial charge is 0.247 e. The van der Waals surface area contributed by atoms with Crippen LogP contribution in [-0.2, 0) is 11.3 Å². The van der Waals surface area contributed by atoms with Gasteiger partial charge in [-0.1, -0.05) is 0 Å². The number of nitrogens with two attached hydrogens (primary N) is 1. The van der Waals surface area contributed by atoms with Crippen molar-refractivity contribution in [3.05, 3.63) is 29.3 Å². The molecule has 0 aliphatic rings. The highest BCUT2D eigenvalue weighted by molar-refractivity contribution is 5.78. The summed E-state index contributed by atoms with van der Waals surface area (Å²) in [5.74, 6) is -0.143. The Bertz CT molecular complexity index is 468. The van der Waals surface area contributed by atoms with Crippen molar-refractivity contribution in [3.63, 3.8) is 0 Å². The second kappa shape index (κ2) is 6.59. The Kier molecular flexibility index (Phi) is 5.11. The monoisotopic (exact) mass is 249 g/mol. The number of nitrogens with one attached hydrogen (secondary N) is 1. The van der Waals surface area contributed by atoms with Crippen LogP contribution in [-0.4, -0.2) is 30.8 Å². The molecule has 0 aliphatic heterocycles. The van der Waals surface area contributed by atoms with Gasteiger partial charge in [0.15, 0.2) is 0 Å². The van der Waals surface area contributed by atoms with E-state index in [0.717, 1.165) is 5.56 Å². The molecule has 6 heteroatoms. The molecule has 0 radical (unpaired) electrons. The van der Waals surface area contributed by atoms with Gasteiger partial charge in [0.25, 0.3) is 0 Å². The molecule has 0 aromatic heterocycles. The molecule has 6 nitrogen and oxygen atoms in total. The lowest BCUT2D eigenvalue weighted by Gasteiger charge is -2.11. The molecule has 1 aromatic rings. The normalized spacial score (nSPS) is 11.6. The van der Waals surface area contributed by atoms with Crippen LogP contribution in [0.1, 0.15) is 11.1 Å². The van der Waals surface area contributed by atoms with Gasteiger partial charge >= 0.3 is 0 Å². The van der Waals surface area contributed by atoms with E-state index in [2.05, 4.69) is 5.32 Å². The maximum atomic E-state index is 10.6. The molecule has 1 atom stereocenters. The Balaban J connectivity index is 2.66. The number of aliphatic hydroxyl groups is 1. The van der Waals surface area contributed by atoms with Crippen LogP contribution in [0.4, 0.5) is 0 Å². The topological polar surface area (TPSA) is 108 Å². The highest BCUT2D eigenvalue weighted by atomic mass is 16.5. The predicted octanol–water partition coefficient (Wildman–Crippen LogP) is -0.497. The Morgan fingerprint density at radius 3 is 2.94 bits per heavy atom. The van der Waals surface area contributed by atoms with Gasteiger partial charge in [-0.15, -0.1) is 0 Å². The van der Waals surface area contributed by atoms with Gasteiger partial charge in [0.05, 0.1) is 18.7 Å². The van der Waals surface area contributed by atoms with Crippen molar-refractivity contribution in [1.29, 1.82) is 5.26 Å². The number of methoxy groups -OCH3 is 1. The van der Waals surface area contributed by atoms with E-state index < -0.39 is 12.0 Å². The maximum absolute atomic E-state index is 10.6. The third-order valence-corrected chi connectivity index (χ3v) is 2.39. The number of nitrogens with zero attached hydrogens (tertiary/aromatic N) is 1. The first-order valence-electron chi connectivity index (χ1n) is 5.33. The molecule has 4 N–H and O–H groups in total. The Morgan fingerprint density at radius 2 is 2.39 bits per heavy atom. The first kappa shape index (κ1) is 14.0. The Labute approximate surface area is 105 Å². The van der Waals surface area contributed by atoms with Crippen LogP contribution in [0.2, 0.25) is 0 Å². The molecule has 0 saturated heterocycles. The largest absolute Gasteiger partial charge is 0.496 e. The summed E-state index contributed by atoms with van der Waals surface area (Å²) >= 11 is 0. The quantitative estimate of drug-likeness (QED) is 0.630. The Morgan fingerprint density at radius 1 is 1.67 bits per heavy atom. The van der Waals surface area contributed by atoms with E-state index >= 15 is 0 Å². The van der Waals surface area contributed by atoms with E-state index in [0.29, 0.717) is 17.9 Å². The summed E-state index contributed by atoms with van der Waals surface area (Å²) in [6.07, 6.45) is -1.23. The number of amides is 1. The maximum Gasteiger partial charge on any atom is 0.247 e. The number of ether oxygens (including phenoxy) is 1. The van der Waals surface area contributed by atoms with Crippen molar-refractivity contribution in [2.75, 3.05) is 13.7 Å². The minimum absolute atomic E-state index is 0.0509. The van der Waals surface area contributed by atoms with Crippen LogP contribution in [0, 0.1) is 11.3 Å². The minimum Gasteiger partial charge on any atom is -0.496 e. The highest BCUT2D eigenvalue weighted by Gasteiger charge is 2.10. The molecule has 18 heavy (non-hydrogen) atoms. The summed E-state index contributed by atoms with van der Waals surface area (Å²) < 4.78 is 5.15.